The van der Waals surface area contributed by atoms with Crippen LogP contribution in [-0.4, -0.2) is 27.9 Å². The van der Waals surface area contributed by atoms with Crippen molar-refractivity contribution in [2.45, 2.75) is 50.5 Å². The minimum Gasteiger partial charge on any atom is -0.478 e. The maximum absolute atomic E-state index is 5.86. The predicted octanol–water partition coefficient (Wildman–Crippen LogP) is 2.81. The molecule has 3 heteroatoms. The highest BCUT2D eigenvalue weighted by Crippen LogP contribution is 2.09. The molecule has 0 radical (unpaired) electrons. The van der Waals surface area contributed by atoms with Gasteiger partial charge in [0, 0.05) is 7.11 Å². The smallest absolute Gasteiger partial charge is 0.462 e. The van der Waals surface area contributed by atoms with Gasteiger partial charge in [0.25, 0.3) is 0 Å². The number of hydrogen-bond acceptors (Lipinski definition) is 2. The van der Waals surface area contributed by atoms with E-state index in [4.69, 9.17) is 8.53 Å². The van der Waals surface area contributed by atoms with Crippen molar-refractivity contribution >= 4 is 14.5 Å². The van der Waals surface area contributed by atoms with Crippen molar-refractivity contribution < 1.29 is 8.53 Å². The molecule has 0 saturated carbocycles. The summed E-state index contributed by atoms with van der Waals surface area (Å²) < 4.78 is 11.1. The molecule has 0 bridgehead atoms. The summed E-state index contributed by atoms with van der Waals surface area (Å²) in [7, 11) is 1.73. The van der Waals surface area contributed by atoms with Crippen LogP contribution in [0.3, 0.4) is 0 Å². The van der Waals surface area contributed by atoms with E-state index >= 15 is 0 Å². The van der Waals surface area contributed by atoms with E-state index in [1.807, 2.05) is 0 Å². The Morgan fingerprint density at radius 1 is 1.17 bits per heavy atom. The number of hydrogen-bond donors (Lipinski definition) is 0. The summed E-state index contributed by atoms with van der Waals surface area (Å²) in [6, 6.07) is 0. The molecular formula is C9H21AlO2. The molecule has 0 saturated heterocycles. The summed E-state index contributed by atoms with van der Waals surface area (Å²) in [5.41, 5.74) is 0. The zero-order valence-corrected chi connectivity index (χ0v) is 9.95. The Labute approximate surface area is 81.0 Å². The van der Waals surface area contributed by atoms with E-state index in [2.05, 4.69) is 20.8 Å². The number of methoxy groups -OCH3 is 1. The van der Waals surface area contributed by atoms with Crippen molar-refractivity contribution in [3.05, 3.63) is 0 Å². The van der Waals surface area contributed by atoms with Crippen LogP contribution >= 0.6 is 0 Å². The number of rotatable bonds is 7. The fourth-order valence-electron chi connectivity index (χ4n) is 1.17. The van der Waals surface area contributed by atoms with Gasteiger partial charge in [0.2, 0.25) is 0 Å². The molecule has 0 aromatic carbocycles. The van der Waals surface area contributed by atoms with E-state index in [-0.39, 0.29) is 6.29 Å². The molecule has 0 aromatic heterocycles. The fourth-order valence-corrected chi connectivity index (χ4v) is 2.81. The molecule has 12 heavy (non-hydrogen) atoms. The van der Waals surface area contributed by atoms with E-state index in [0.29, 0.717) is 0 Å². The van der Waals surface area contributed by atoms with Crippen LogP contribution < -0.4 is 0 Å². The van der Waals surface area contributed by atoms with Crippen molar-refractivity contribution in [1.29, 1.82) is 0 Å². The standard InChI is InChI=1S/C5H11O2.2C2H5.Al/c1-3-4-5(6)7-2;2*1-2;/h5H,3-4H2,1-2H3;2*1H2,2H3;/q-1;;;+1. The van der Waals surface area contributed by atoms with Crippen LogP contribution in [0.25, 0.3) is 0 Å². The van der Waals surface area contributed by atoms with E-state index in [1.54, 1.807) is 7.11 Å². The highest BCUT2D eigenvalue weighted by molar-refractivity contribution is 6.51. The van der Waals surface area contributed by atoms with E-state index in [9.17, 15) is 0 Å². The largest absolute Gasteiger partial charge is 0.478 e. The molecule has 0 aliphatic rings. The Hall–Kier alpha value is 0.452. The first-order valence-corrected chi connectivity index (χ1v) is 7.07. The first-order chi connectivity index (χ1) is 5.78. The van der Waals surface area contributed by atoms with Crippen LogP contribution in [0.1, 0.15) is 33.6 Å². The average Bonchev–Trinajstić information content (AvgIpc) is 2.12. The van der Waals surface area contributed by atoms with Crippen molar-refractivity contribution in [3.8, 4) is 0 Å². The minimum atomic E-state index is -0.924. The van der Waals surface area contributed by atoms with Crippen molar-refractivity contribution in [1.82, 2.24) is 0 Å². The van der Waals surface area contributed by atoms with Gasteiger partial charge in [0.1, 0.15) is 6.29 Å². The average molecular weight is 188 g/mol. The van der Waals surface area contributed by atoms with E-state index in [1.165, 1.54) is 10.6 Å². The third-order valence-electron chi connectivity index (χ3n) is 2.04. The van der Waals surface area contributed by atoms with Crippen LogP contribution in [0.2, 0.25) is 10.6 Å². The Morgan fingerprint density at radius 3 is 2.08 bits per heavy atom. The van der Waals surface area contributed by atoms with Crippen molar-refractivity contribution in [2.24, 2.45) is 0 Å². The van der Waals surface area contributed by atoms with Gasteiger partial charge in [-0.1, -0.05) is 37.8 Å². The molecule has 0 heterocycles. The van der Waals surface area contributed by atoms with Crippen molar-refractivity contribution in [3.63, 3.8) is 0 Å². The molecule has 72 valence electrons. The Balaban J connectivity index is 3.65. The van der Waals surface area contributed by atoms with Crippen LogP contribution in [-0.2, 0) is 8.53 Å². The van der Waals surface area contributed by atoms with Crippen LogP contribution in [0.4, 0.5) is 0 Å². The third kappa shape index (κ3) is 5.16. The highest BCUT2D eigenvalue weighted by atomic mass is 27.2. The molecule has 1 unspecified atom stereocenters. The SMILES string of the molecule is CCCC(OC)[O][Al]([CH2]C)[CH2]C. The van der Waals surface area contributed by atoms with Crippen LogP contribution in [0, 0.1) is 0 Å². The molecule has 0 aliphatic carbocycles. The molecule has 0 aromatic rings. The summed E-state index contributed by atoms with van der Waals surface area (Å²) in [5.74, 6) is 0. The maximum Gasteiger partial charge on any atom is 0.462 e. The number of ether oxygens (including phenoxy) is 1. The lowest BCUT2D eigenvalue weighted by molar-refractivity contribution is -0.0615. The molecule has 0 fully saturated rings. The Kier molecular flexibility index (Phi) is 8.37. The Bertz CT molecular complexity index is 94.5. The van der Waals surface area contributed by atoms with Gasteiger partial charge >= 0.3 is 14.5 Å². The summed E-state index contributed by atoms with van der Waals surface area (Å²) in [4.78, 5) is 0. The van der Waals surface area contributed by atoms with Crippen molar-refractivity contribution in [2.75, 3.05) is 7.11 Å². The molecule has 0 N–H and O–H groups in total. The minimum absolute atomic E-state index is 0.0616. The molecule has 0 aliphatic heterocycles. The summed E-state index contributed by atoms with van der Waals surface area (Å²) >= 11 is -0.924. The lowest BCUT2D eigenvalue weighted by Crippen LogP contribution is -2.25. The lowest BCUT2D eigenvalue weighted by Gasteiger charge is -2.19. The monoisotopic (exact) mass is 188 g/mol. The summed E-state index contributed by atoms with van der Waals surface area (Å²) in [6.45, 7) is 6.57. The van der Waals surface area contributed by atoms with Crippen LogP contribution in [0.5, 0.6) is 0 Å². The molecule has 0 amide bonds. The third-order valence-corrected chi connectivity index (χ3v) is 4.55. The van der Waals surface area contributed by atoms with Gasteiger partial charge < -0.3 is 8.53 Å². The highest BCUT2D eigenvalue weighted by Gasteiger charge is 2.19. The lowest BCUT2D eigenvalue weighted by atomic mass is 10.3. The molecular weight excluding hydrogens is 167 g/mol. The topological polar surface area (TPSA) is 18.5 Å². The molecule has 2 nitrogen and oxygen atoms in total. The first-order valence-electron chi connectivity index (χ1n) is 4.96. The van der Waals surface area contributed by atoms with E-state index in [0.717, 1.165) is 12.8 Å². The zero-order chi connectivity index (χ0) is 9.40. The van der Waals surface area contributed by atoms with Gasteiger partial charge in [0.05, 0.1) is 0 Å². The Morgan fingerprint density at radius 2 is 1.75 bits per heavy atom. The quantitative estimate of drug-likeness (QED) is 0.452. The van der Waals surface area contributed by atoms with Gasteiger partial charge in [0.15, 0.2) is 0 Å². The molecule has 0 spiro atoms. The van der Waals surface area contributed by atoms with E-state index < -0.39 is 14.5 Å². The predicted molar refractivity (Wildman–Crippen MR) is 53.5 cm³/mol. The normalized spacial score (nSPS) is 13.0. The first kappa shape index (κ1) is 12.5. The van der Waals surface area contributed by atoms with Gasteiger partial charge in [-0.3, -0.25) is 0 Å². The zero-order valence-electron chi connectivity index (χ0n) is 8.80. The fraction of sp³-hybridized carbons (Fsp3) is 1.00. The maximum atomic E-state index is 5.86. The van der Waals surface area contributed by atoms with Gasteiger partial charge in [-0.2, -0.15) is 0 Å². The second kappa shape index (κ2) is 8.07. The summed E-state index contributed by atoms with van der Waals surface area (Å²) in [5, 5.41) is 2.42. The second-order valence-corrected chi connectivity index (χ2v) is 6.18. The van der Waals surface area contributed by atoms with Gasteiger partial charge in [-0.05, 0) is 6.42 Å². The van der Waals surface area contributed by atoms with Gasteiger partial charge in [-0.15, -0.1) is 0 Å². The summed E-state index contributed by atoms with van der Waals surface area (Å²) in [6.07, 6.45) is 2.22. The van der Waals surface area contributed by atoms with Gasteiger partial charge in [-0.25, -0.2) is 0 Å². The second-order valence-electron chi connectivity index (χ2n) is 3.03. The van der Waals surface area contributed by atoms with Crippen LogP contribution in [0.15, 0.2) is 0 Å². The molecule has 0 rings (SSSR count). The molecule has 1 atom stereocenters.